The molecule has 0 heterocycles. The van der Waals surface area contributed by atoms with Crippen LogP contribution in [0, 0.1) is 17.8 Å². The Bertz CT molecular complexity index is 1400. The van der Waals surface area contributed by atoms with Crippen LogP contribution >= 0.6 is 0 Å². The molecule has 0 spiro atoms. The molecule has 1 aromatic rings. The number of hydrogen-bond acceptors (Lipinski definition) is 11. The Morgan fingerprint density at radius 1 is 1.15 bits per heavy atom. The zero-order valence-corrected chi connectivity index (χ0v) is 23.4. The predicted molar refractivity (Wildman–Crippen MR) is 147 cm³/mol. The van der Waals surface area contributed by atoms with Gasteiger partial charge in [-0.25, -0.2) is 0 Å². The van der Waals surface area contributed by atoms with Crippen LogP contribution in [0.25, 0.3) is 5.76 Å². The van der Waals surface area contributed by atoms with Gasteiger partial charge < -0.3 is 41.9 Å². The second-order valence-corrected chi connectivity index (χ2v) is 11.5. The molecule has 0 bridgehead atoms. The number of phenols is 1. The number of aliphatic hydroxyl groups excluding tert-OH is 3. The number of benzene rings is 1. The van der Waals surface area contributed by atoms with Gasteiger partial charge in [-0.1, -0.05) is 26.8 Å². The highest BCUT2D eigenvalue weighted by Crippen LogP contribution is 2.56. The molecule has 9 N–H and O–H groups in total. The molecule has 1 fully saturated rings. The number of aliphatic hydroxyl groups is 4. The second-order valence-electron chi connectivity index (χ2n) is 11.5. The van der Waals surface area contributed by atoms with Crippen molar-refractivity contribution >= 4 is 34.8 Å². The summed E-state index contributed by atoms with van der Waals surface area (Å²) in [5, 5.41) is 62.3. The average Bonchev–Trinajstić information content (AvgIpc) is 2.87. The van der Waals surface area contributed by atoms with Gasteiger partial charge in [0.1, 0.15) is 22.8 Å². The quantitative estimate of drug-likeness (QED) is 0.156. The van der Waals surface area contributed by atoms with E-state index in [0.717, 1.165) is 0 Å². The van der Waals surface area contributed by atoms with Crippen LogP contribution in [0.1, 0.15) is 37.8 Å². The van der Waals surface area contributed by atoms with Gasteiger partial charge in [0, 0.05) is 11.5 Å². The van der Waals surface area contributed by atoms with Crippen molar-refractivity contribution in [2.24, 2.45) is 23.5 Å². The van der Waals surface area contributed by atoms with Gasteiger partial charge in [-0.2, -0.15) is 0 Å². The summed E-state index contributed by atoms with van der Waals surface area (Å²) in [6.07, 6.45) is -1.68. The maximum absolute atomic E-state index is 14.0. The van der Waals surface area contributed by atoms with Crippen LogP contribution in [0.15, 0.2) is 29.0 Å². The minimum absolute atomic E-state index is 0.0427. The summed E-state index contributed by atoms with van der Waals surface area (Å²) in [5.74, 6) is -9.94. The van der Waals surface area contributed by atoms with Crippen LogP contribution in [0.2, 0.25) is 0 Å². The van der Waals surface area contributed by atoms with Crippen molar-refractivity contribution in [2.75, 3.05) is 32.5 Å². The lowest BCUT2D eigenvalue weighted by molar-refractivity contribution is -0.169. The zero-order valence-electron chi connectivity index (χ0n) is 23.4. The molecule has 222 valence electrons. The molecule has 13 nitrogen and oxygen atoms in total. The van der Waals surface area contributed by atoms with Crippen LogP contribution in [0.5, 0.6) is 5.75 Å². The van der Waals surface area contributed by atoms with Gasteiger partial charge in [0.2, 0.25) is 11.7 Å². The number of nitrogens with two attached hydrogens (primary N) is 1. The molecule has 0 aliphatic heterocycles. The molecular weight excluding hydrogens is 536 g/mol. The SMILES string of the molecule is CC(C)CNCC(=O)Nc1ccc2c(c1O)C(O)=C1C(=O)[C@]3(O)C(O)=C(C(N)=O)C(=O)[C@@H](N(C)C)C3C(O)C1C2C. The maximum Gasteiger partial charge on any atom is 0.255 e. The van der Waals surface area contributed by atoms with E-state index in [4.69, 9.17) is 5.73 Å². The van der Waals surface area contributed by atoms with E-state index < -0.39 is 87.3 Å². The number of phenolic OH excluding ortho intramolecular Hbond substituents is 1. The first-order valence-electron chi connectivity index (χ1n) is 13.3. The fraction of sp³-hybridized carbons (Fsp3) is 0.500. The highest BCUT2D eigenvalue weighted by atomic mass is 16.4. The van der Waals surface area contributed by atoms with Crippen molar-refractivity contribution in [3.05, 3.63) is 40.2 Å². The van der Waals surface area contributed by atoms with Gasteiger partial charge in [0.15, 0.2) is 11.4 Å². The molecule has 6 atom stereocenters. The minimum atomic E-state index is -2.99. The van der Waals surface area contributed by atoms with Gasteiger partial charge in [-0.05, 0) is 44.1 Å². The number of carbonyl (C=O) groups excluding carboxylic acids is 4. The highest BCUT2D eigenvalue weighted by Gasteiger charge is 2.68. The van der Waals surface area contributed by atoms with E-state index in [0.29, 0.717) is 18.0 Å². The van der Waals surface area contributed by atoms with Crippen LogP contribution in [-0.4, -0.2) is 98.7 Å². The van der Waals surface area contributed by atoms with Crippen molar-refractivity contribution in [1.29, 1.82) is 0 Å². The van der Waals surface area contributed by atoms with E-state index in [1.165, 1.54) is 31.1 Å². The fourth-order valence-electron chi connectivity index (χ4n) is 6.39. The maximum atomic E-state index is 14.0. The smallest absolute Gasteiger partial charge is 0.255 e. The van der Waals surface area contributed by atoms with Gasteiger partial charge in [-0.3, -0.25) is 24.1 Å². The molecular formula is C28H36N4O9. The van der Waals surface area contributed by atoms with Crippen LogP contribution < -0.4 is 16.4 Å². The number of hydrogen-bond donors (Lipinski definition) is 8. The number of Topliss-reactive ketones (excluding diaryl/α,β-unsaturated/α-hetero) is 2. The third-order valence-corrected chi connectivity index (χ3v) is 8.24. The number of primary amides is 1. The van der Waals surface area contributed by atoms with Crippen LogP contribution in [0.3, 0.4) is 0 Å². The van der Waals surface area contributed by atoms with Gasteiger partial charge in [-0.15, -0.1) is 0 Å². The molecule has 0 saturated heterocycles. The first-order valence-corrected chi connectivity index (χ1v) is 13.3. The summed E-state index contributed by atoms with van der Waals surface area (Å²) < 4.78 is 0. The van der Waals surface area contributed by atoms with Crippen LogP contribution in [0.4, 0.5) is 5.69 Å². The Balaban J connectivity index is 1.86. The van der Waals surface area contributed by atoms with Gasteiger partial charge in [0.05, 0.1) is 35.9 Å². The van der Waals surface area contributed by atoms with Crippen molar-refractivity contribution < 1.29 is 44.7 Å². The molecule has 13 heteroatoms. The third kappa shape index (κ3) is 4.49. The van der Waals surface area contributed by atoms with Crippen molar-refractivity contribution in [2.45, 2.75) is 44.4 Å². The number of rotatable bonds is 7. The molecule has 41 heavy (non-hydrogen) atoms. The first kappa shape index (κ1) is 30.2. The summed E-state index contributed by atoms with van der Waals surface area (Å²) in [7, 11) is 2.88. The fourth-order valence-corrected chi connectivity index (χ4v) is 6.39. The number of ketones is 2. The molecule has 0 aromatic heterocycles. The summed E-state index contributed by atoms with van der Waals surface area (Å²) in [5.41, 5.74) is 0.932. The summed E-state index contributed by atoms with van der Waals surface area (Å²) in [4.78, 5) is 53.1. The van der Waals surface area contributed by atoms with E-state index in [9.17, 15) is 44.7 Å². The molecule has 1 aromatic carbocycles. The topological polar surface area (TPSA) is 223 Å². The van der Waals surface area contributed by atoms with E-state index in [1.54, 1.807) is 6.92 Å². The van der Waals surface area contributed by atoms with Crippen molar-refractivity contribution in [1.82, 2.24) is 10.2 Å². The number of anilines is 1. The highest BCUT2D eigenvalue weighted by molar-refractivity contribution is 6.24. The molecule has 2 amide bonds. The number of likely N-dealkylation sites (N-methyl/N-ethyl adjacent to an activating group) is 1. The monoisotopic (exact) mass is 572 g/mol. The molecule has 3 aliphatic rings. The number of nitrogens with one attached hydrogen (secondary N) is 2. The molecule has 0 radical (unpaired) electrons. The predicted octanol–water partition coefficient (Wildman–Crippen LogP) is -0.320. The van der Waals surface area contributed by atoms with E-state index in [1.807, 2.05) is 13.8 Å². The van der Waals surface area contributed by atoms with Gasteiger partial charge >= 0.3 is 0 Å². The molecule has 3 aliphatic carbocycles. The number of carbonyl (C=O) groups is 4. The van der Waals surface area contributed by atoms with Crippen molar-refractivity contribution in [3.63, 3.8) is 0 Å². The Labute approximate surface area is 236 Å². The van der Waals surface area contributed by atoms with Crippen LogP contribution in [-0.2, 0) is 19.2 Å². The lowest BCUT2D eigenvalue weighted by Gasteiger charge is -2.53. The molecule has 4 rings (SSSR count). The summed E-state index contributed by atoms with van der Waals surface area (Å²) in [6, 6.07) is 1.53. The minimum Gasteiger partial charge on any atom is -0.508 e. The Morgan fingerprint density at radius 3 is 2.34 bits per heavy atom. The molecule has 4 unspecified atom stereocenters. The zero-order chi connectivity index (χ0) is 30.7. The van der Waals surface area contributed by atoms with E-state index in [2.05, 4.69) is 10.6 Å². The second kappa shape index (κ2) is 10.6. The average molecular weight is 573 g/mol. The Hall–Kier alpha value is -3.78. The lowest BCUT2D eigenvalue weighted by atomic mass is 9.54. The lowest BCUT2D eigenvalue weighted by Crippen LogP contribution is -2.70. The number of aromatic hydroxyl groups is 1. The molecule has 1 saturated carbocycles. The normalized spacial score (nSPS) is 29.4. The van der Waals surface area contributed by atoms with Crippen molar-refractivity contribution in [3.8, 4) is 5.75 Å². The summed E-state index contributed by atoms with van der Waals surface area (Å²) in [6.45, 7) is 6.12. The third-order valence-electron chi connectivity index (χ3n) is 8.24. The van der Waals surface area contributed by atoms with Gasteiger partial charge in [0.25, 0.3) is 5.91 Å². The summed E-state index contributed by atoms with van der Waals surface area (Å²) >= 11 is 0. The van der Waals surface area contributed by atoms with E-state index in [-0.39, 0.29) is 17.8 Å². The van der Waals surface area contributed by atoms with E-state index >= 15 is 0 Å². The number of fused-ring (bicyclic) bond motifs is 3. The number of nitrogens with zero attached hydrogens (tertiary/aromatic N) is 1. The number of amides is 2. The standard InChI is InChI=1S/C28H36N4O9/c1-10(2)8-30-9-14(33)31-13-7-6-12-11(3)15-17(22(35)16(12)21(13)34)25(38)28(41)19(23(15)36)20(32(4)5)24(37)18(26(28)39)27(29)40/h6-7,10-11,15,19-20,23,30,34-36,39,41H,8-9H2,1-5H3,(H2,29,40)(H,31,33)/t11?,15?,19?,20-,23?,28-/m0/s1. The Morgan fingerprint density at radius 2 is 1.78 bits per heavy atom. The Kier molecular flexibility index (Phi) is 7.78. The first-order chi connectivity index (χ1) is 19.1. The largest absolute Gasteiger partial charge is 0.508 e.